The average molecular weight is 351 g/mol. The second kappa shape index (κ2) is 7.65. The van der Waals surface area contributed by atoms with E-state index in [0.29, 0.717) is 5.92 Å². The molecule has 1 atom stereocenters. The van der Waals surface area contributed by atoms with Gasteiger partial charge in [-0.15, -0.1) is 0 Å². The van der Waals surface area contributed by atoms with Gasteiger partial charge in [-0.25, -0.2) is 0 Å². The summed E-state index contributed by atoms with van der Waals surface area (Å²) in [4.78, 5) is 15.3. The molecule has 0 saturated carbocycles. The molecule has 2 aromatic rings. The van der Waals surface area contributed by atoms with Crippen molar-refractivity contribution in [2.45, 2.75) is 32.0 Å². The van der Waals surface area contributed by atoms with E-state index >= 15 is 0 Å². The quantitative estimate of drug-likeness (QED) is 0.864. The maximum absolute atomic E-state index is 12.5. The number of rotatable bonds is 5. The molecular formula is C18H20F3N3O. The summed E-state index contributed by atoms with van der Waals surface area (Å²) in [7, 11) is 0. The van der Waals surface area contributed by atoms with E-state index in [4.69, 9.17) is 5.73 Å². The van der Waals surface area contributed by atoms with Gasteiger partial charge in [0.2, 0.25) is 0 Å². The number of alkyl halides is 3. The predicted molar refractivity (Wildman–Crippen MR) is 89.0 cm³/mol. The number of hydrogen-bond donors (Lipinski definition) is 2. The molecule has 4 nitrogen and oxygen atoms in total. The monoisotopic (exact) mass is 351 g/mol. The number of halogens is 3. The van der Waals surface area contributed by atoms with Gasteiger partial charge < -0.3 is 11.1 Å². The van der Waals surface area contributed by atoms with E-state index in [2.05, 4.69) is 24.1 Å². The largest absolute Gasteiger partial charge is 0.433 e. The van der Waals surface area contributed by atoms with Crippen molar-refractivity contribution in [2.24, 2.45) is 5.73 Å². The Morgan fingerprint density at radius 2 is 1.72 bits per heavy atom. The van der Waals surface area contributed by atoms with Crippen molar-refractivity contribution in [2.75, 3.05) is 6.54 Å². The van der Waals surface area contributed by atoms with E-state index in [1.807, 2.05) is 24.3 Å². The van der Waals surface area contributed by atoms with Crippen molar-refractivity contribution in [3.63, 3.8) is 0 Å². The highest BCUT2D eigenvalue weighted by Crippen LogP contribution is 2.27. The highest BCUT2D eigenvalue weighted by atomic mass is 19.4. The van der Waals surface area contributed by atoms with Gasteiger partial charge in [0.15, 0.2) is 0 Å². The molecule has 0 aliphatic carbocycles. The van der Waals surface area contributed by atoms with E-state index in [0.717, 1.165) is 23.9 Å². The van der Waals surface area contributed by atoms with E-state index in [9.17, 15) is 18.0 Å². The van der Waals surface area contributed by atoms with Crippen molar-refractivity contribution in [1.82, 2.24) is 10.3 Å². The number of nitrogens with one attached hydrogen (secondary N) is 1. The first-order valence-corrected chi connectivity index (χ1v) is 7.85. The molecule has 1 aromatic carbocycles. The number of carbonyl (C=O) groups excluding carboxylic acids is 1. The molecule has 2 rings (SSSR count). The zero-order valence-electron chi connectivity index (χ0n) is 14.0. The van der Waals surface area contributed by atoms with Crippen LogP contribution in [0, 0.1) is 0 Å². The van der Waals surface area contributed by atoms with Gasteiger partial charge in [-0.2, -0.15) is 13.2 Å². The Balaban J connectivity index is 1.94. The van der Waals surface area contributed by atoms with E-state index in [1.54, 1.807) is 0 Å². The minimum atomic E-state index is -4.53. The standard InChI is InChI=1S/C18H20F3N3O/c1-11(2)12-3-5-13(6-4-12)15(22)10-24-17(25)14-7-8-16(23-9-14)18(19,20)21/h3-9,11,15H,10,22H2,1-2H3,(H,24,25). The van der Waals surface area contributed by atoms with Crippen LogP contribution in [0.4, 0.5) is 13.2 Å². The number of aromatic nitrogens is 1. The maximum Gasteiger partial charge on any atom is 0.433 e. The van der Waals surface area contributed by atoms with Crippen LogP contribution in [0.2, 0.25) is 0 Å². The van der Waals surface area contributed by atoms with Crippen LogP contribution >= 0.6 is 0 Å². The molecule has 1 unspecified atom stereocenters. The van der Waals surface area contributed by atoms with Gasteiger partial charge in [0, 0.05) is 18.8 Å². The molecule has 1 aromatic heterocycles. The molecule has 25 heavy (non-hydrogen) atoms. The molecule has 1 heterocycles. The fraction of sp³-hybridized carbons (Fsp3) is 0.333. The summed E-state index contributed by atoms with van der Waals surface area (Å²) in [6, 6.07) is 9.25. The highest BCUT2D eigenvalue weighted by Gasteiger charge is 2.32. The average Bonchev–Trinajstić information content (AvgIpc) is 2.58. The first kappa shape index (κ1) is 18.9. The number of nitrogens with two attached hydrogens (primary N) is 1. The molecule has 0 spiro atoms. The number of benzene rings is 1. The minimum Gasteiger partial charge on any atom is -0.350 e. The molecule has 0 bridgehead atoms. The molecule has 1 amide bonds. The van der Waals surface area contributed by atoms with E-state index < -0.39 is 23.8 Å². The van der Waals surface area contributed by atoms with Crippen LogP contribution in [0.3, 0.4) is 0 Å². The van der Waals surface area contributed by atoms with Crippen molar-refractivity contribution in [1.29, 1.82) is 0 Å². The lowest BCUT2D eigenvalue weighted by atomic mass is 9.99. The number of nitrogens with zero attached hydrogens (tertiary/aromatic N) is 1. The molecule has 7 heteroatoms. The number of amides is 1. The van der Waals surface area contributed by atoms with Crippen LogP contribution in [-0.2, 0) is 6.18 Å². The Morgan fingerprint density at radius 1 is 1.12 bits per heavy atom. The fourth-order valence-electron chi connectivity index (χ4n) is 2.25. The van der Waals surface area contributed by atoms with Crippen LogP contribution in [0.25, 0.3) is 0 Å². The lowest BCUT2D eigenvalue weighted by molar-refractivity contribution is -0.141. The van der Waals surface area contributed by atoms with Gasteiger partial charge in [-0.05, 0) is 29.2 Å². The highest BCUT2D eigenvalue weighted by molar-refractivity contribution is 5.93. The normalized spacial score (nSPS) is 12.9. The Kier molecular flexibility index (Phi) is 5.79. The summed E-state index contributed by atoms with van der Waals surface area (Å²) in [6.07, 6.45) is -3.62. The summed E-state index contributed by atoms with van der Waals surface area (Å²) < 4.78 is 37.4. The second-order valence-corrected chi connectivity index (χ2v) is 6.07. The van der Waals surface area contributed by atoms with Gasteiger partial charge in [0.25, 0.3) is 5.91 Å². The van der Waals surface area contributed by atoms with Crippen LogP contribution in [-0.4, -0.2) is 17.4 Å². The van der Waals surface area contributed by atoms with Gasteiger partial charge in [0.05, 0.1) is 5.56 Å². The summed E-state index contributed by atoms with van der Waals surface area (Å²) in [5.41, 5.74) is 7.13. The van der Waals surface area contributed by atoms with Crippen molar-refractivity contribution in [3.8, 4) is 0 Å². The Hall–Kier alpha value is -2.41. The molecule has 0 aliphatic heterocycles. The van der Waals surface area contributed by atoms with Crippen molar-refractivity contribution < 1.29 is 18.0 Å². The maximum atomic E-state index is 12.5. The van der Waals surface area contributed by atoms with Crippen LogP contribution in [0.5, 0.6) is 0 Å². The predicted octanol–water partition coefficient (Wildman–Crippen LogP) is 3.65. The third kappa shape index (κ3) is 5.03. The number of hydrogen-bond acceptors (Lipinski definition) is 3. The first-order chi connectivity index (χ1) is 11.7. The molecule has 0 radical (unpaired) electrons. The van der Waals surface area contributed by atoms with E-state index in [-0.39, 0.29) is 12.1 Å². The lowest BCUT2D eigenvalue weighted by Gasteiger charge is -2.15. The van der Waals surface area contributed by atoms with Gasteiger partial charge in [-0.1, -0.05) is 38.1 Å². The van der Waals surface area contributed by atoms with E-state index in [1.165, 1.54) is 5.56 Å². The zero-order chi connectivity index (χ0) is 18.6. The molecule has 3 N–H and O–H groups in total. The van der Waals surface area contributed by atoms with Gasteiger partial charge >= 0.3 is 6.18 Å². The summed E-state index contributed by atoms with van der Waals surface area (Å²) >= 11 is 0. The SMILES string of the molecule is CC(C)c1ccc(C(N)CNC(=O)c2ccc(C(F)(F)F)nc2)cc1. The van der Waals surface area contributed by atoms with Crippen LogP contribution in [0.15, 0.2) is 42.6 Å². The Morgan fingerprint density at radius 3 is 2.20 bits per heavy atom. The minimum absolute atomic E-state index is 0.0513. The summed E-state index contributed by atoms with van der Waals surface area (Å²) in [6.45, 7) is 4.35. The zero-order valence-corrected chi connectivity index (χ0v) is 14.0. The van der Waals surface area contributed by atoms with Gasteiger partial charge in [-0.3, -0.25) is 9.78 Å². The topological polar surface area (TPSA) is 68.0 Å². The lowest BCUT2D eigenvalue weighted by Crippen LogP contribution is -2.32. The fourth-order valence-corrected chi connectivity index (χ4v) is 2.25. The third-order valence-electron chi connectivity index (χ3n) is 3.83. The van der Waals surface area contributed by atoms with Crippen LogP contribution in [0.1, 0.15) is 53.0 Å². The van der Waals surface area contributed by atoms with Crippen molar-refractivity contribution >= 4 is 5.91 Å². The number of carbonyl (C=O) groups is 1. The Bertz CT molecular complexity index is 710. The molecule has 134 valence electrons. The second-order valence-electron chi connectivity index (χ2n) is 6.07. The molecule has 0 aliphatic rings. The van der Waals surface area contributed by atoms with Crippen LogP contribution < -0.4 is 11.1 Å². The number of pyridine rings is 1. The van der Waals surface area contributed by atoms with Gasteiger partial charge in [0.1, 0.15) is 5.69 Å². The smallest absolute Gasteiger partial charge is 0.350 e. The Labute approximate surface area is 144 Å². The third-order valence-corrected chi connectivity index (χ3v) is 3.83. The summed E-state index contributed by atoms with van der Waals surface area (Å²) in [5.74, 6) is -0.104. The molecule has 0 fully saturated rings. The first-order valence-electron chi connectivity index (χ1n) is 7.85. The summed E-state index contributed by atoms with van der Waals surface area (Å²) in [5, 5.41) is 2.61. The van der Waals surface area contributed by atoms with Crippen molar-refractivity contribution in [3.05, 3.63) is 65.0 Å². The molecule has 0 saturated heterocycles. The molecular weight excluding hydrogens is 331 g/mol.